The van der Waals surface area contributed by atoms with E-state index in [9.17, 15) is 9.59 Å². The highest BCUT2D eigenvalue weighted by atomic mass is 16.4. The second-order valence-electron chi connectivity index (χ2n) is 4.49. The van der Waals surface area contributed by atoms with Gasteiger partial charge in [-0.15, -0.1) is 0 Å². The largest absolute Gasteiger partial charge is 0.476 e. The molecule has 1 aliphatic rings. The minimum atomic E-state index is -1.09. The number of anilines is 1. The molecule has 2 rings (SSSR count). The van der Waals surface area contributed by atoms with Crippen molar-refractivity contribution in [2.75, 3.05) is 18.0 Å². The van der Waals surface area contributed by atoms with Crippen molar-refractivity contribution in [3.63, 3.8) is 0 Å². The molecule has 0 aliphatic carbocycles. The van der Waals surface area contributed by atoms with E-state index in [0.717, 1.165) is 19.4 Å². The van der Waals surface area contributed by atoms with E-state index in [1.54, 1.807) is 0 Å². The van der Waals surface area contributed by atoms with Crippen molar-refractivity contribution in [2.45, 2.75) is 25.8 Å². The van der Waals surface area contributed by atoms with Crippen LogP contribution in [0.5, 0.6) is 0 Å². The van der Waals surface area contributed by atoms with Crippen LogP contribution in [-0.2, 0) is 4.79 Å². The topological polar surface area (TPSA) is 95.4 Å². The zero-order valence-corrected chi connectivity index (χ0v) is 10.7. The number of hydrogen-bond donors (Lipinski definition) is 2. The molecule has 7 nitrogen and oxygen atoms in total. The molecule has 1 atom stereocenters. The molecular weight excluding hydrogens is 248 g/mol. The molecule has 2 heterocycles. The monoisotopic (exact) mass is 264 g/mol. The lowest BCUT2D eigenvalue weighted by atomic mass is 10.2. The average Bonchev–Trinajstić information content (AvgIpc) is 2.84. The maximum absolute atomic E-state index is 10.9. The van der Waals surface area contributed by atoms with Crippen molar-refractivity contribution in [2.24, 2.45) is 0 Å². The van der Waals surface area contributed by atoms with Crippen molar-refractivity contribution < 1.29 is 14.7 Å². The van der Waals surface area contributed by atoms with E-state index in [-0.39, 0.29) is 17.6 Å². The Morgan fingerprint density at radius 3 is 2.84 bits per heavy atom. The van der Waals surface area contributed by atoms with Gasteiger partial charge in [0, 0.05) is 26.1 Å². The molecule has 0 radical (unpaired) electrons. The Bertz CT molecular complexity index is 474. The summed E-state index contributed by atoms with van der Waals surface area (Å²) in [6, 6.07) is 0.189. The van der Waals surface area contributed by atoms with E-state index >= 15 is 0 Å². The van der Waals surface area contributed by atoms with Crippen LogP contribution in [0, 0.1) is 0 Å². The molecule has 1 saturated heterocycles. The first kappa shape index (κ1) is 13.3. The highest BCUT2D eigenvalue weighted by Gasteiger charge is 2.26. The zero-order valence-electron chi connectivity index (χ0n) is 10.7. The number of nitrogens with zero attached hydrogens (tertiary/aromatic N) is 3. The first-order chi connectivity index (χ1) is 9.08. The Kier molecular flexibility index (Phi) is 3.94. The van der Waals surface area contributed by atoms with Crippen LogP contribution in [0.25, 0.3) is 0 Å². The van der Waals surface area contributed by atoms with Gasteiger partial charge in [0.1, 0.15) is 5.82 Å². The fourth-order valence-corrected chi connectivity index (χ4v) is 2.19. The number of carboxylic acid groups (broad SMARTS) is 1. The van der Waals surface area contributed by atoms with Gasteiger partial charge in [-0.1, -0.05) is 0 Å². The van der Waals surface area contributed by atoms with Crippen molar-refractivity contribution >= 4 is 17.7 Å². The summed E-state index contributed by atoms with van der Waals surface area (Å²) in [5.74, 6) is -0.493. The predicted octanol–water partition coefficient (Wildman–Crippen LogP) is 0.280. The first-order valence-corrected chi connectivity index (χ1v) is 6.14. The van der Waals surface area contributed by atoms with Gasteiger partial charge in [-0.05, 0) is 12.8 Å². The van der Waals surface area contributed by atoms with E-state index in [1.165, 1.54) is 19.3 Å². The summed E-state index contributed by atoms with van der Waals surface area (Å²) >= 11 is 0. The molecule has 0 saturated carbocycles. The molecule has 0 aromatic carbocycles. The molecule has 0 bridgehead atoms. The predicted molar refractivity (Wildman–Crippen MR) is 68.0 cm³/mol. The van der Waals surface area contributed by atoms with Crippen LogP contribution in [0.15, 0.2) is 12.4 Å². The zero-order chi connectivity index (χ0) is 13.8. The van der Waals surface area contributed by atoms with Crippen LogP contribution < -0.4 is 10.2 Å². The van der Waals surface area contributed by atoms with E-state index in [1.807, 2.05) is 0 Å². The Labute approximate surface area is 110 Å². The standard InChI is InChI=1S/C12H16N4O3/c1-8(17)13-5-9-3-2-4-16(9)11-7-14-10(6-15-11)12(18)19/h6-7,9H,2-5H2,1H3,(H,13,17)(H,18,19). The van der Waals surface area contributed by atoms with E-state index in [0.29, 0.717) is 12.4 Å². The van der Waals surface area contributed by atoms with Crippen LogP contribution in [0.4, 0.5) is 5.82 Å². The van der Waals surface area contributed by atoms with Crippen molar-refractivity contribution in [3.05, 3.63) is 18.1 Å². The Morgan fingerprint density at radius 1 is 1.47 bits per heavy atom. The minimum absolute atomic E-state index is 0.0563. The first-order valence-electron chi connectivity index (χ1n) is 6.14. The molecule has 2 N–H and O–H groups in total. The molecule has 1 aromatic heterocycles. The Morgan fingerprint density at radius 2 is 2.26 bits per heavy atom. The minimum Gasteiger partial charge on any atom is -0.476 e. The molecule has 7 heteroatoms. The van der Waals surface area contributed by atoms with Crippen LogP contribution in [0.1, 0.15) is 30.3 Å². The SMILES string of the molecule is CC(=O)NCC1CCCN1c1cnc(C(=O)O)cn1. The van der Waals surface area contributed by atoms with Crippen molar-refractivity contribution in [3.8, 4) is 0 Å². The lowest BCUT2D eigenvalue weighted by Gasteiger charge is -2.25. The number of carbonyl (C=O) groups is 2. The van der Waals surface area contributed by atoms with Crippen LogP contribution in [-0.4, -0.2) is 46.1 Å². The summed E-state index contributed by atoms with van der Waals surface area (Å²) in [6.45, 7) is 2.89. The highest BCUT2D eigenvalue weighted by Crippen LogP contribution is 2.22. The van der Waals surface area contributed by atoms with Crippen molar-refractivity contribution in [1.29, 1.82) is 0 Å². The number of aromatic nitrogens is 2. The molecule has 19 heavy (non-hydrogen) atoms. The van der Waals surface area contributed by atoms with E-state index in [4.69, 9.17) is 5.11 Å². The third kappa shape index (κ3) is 3.18. The number of rotatable bonds is 4. The summed E-state index contributed by atoms with van der Waals surface area (Å²) in [4.78, 5) is 31.7. The van der Waals surface area contributed by atoms with Gasteiger partial charge in [0.25, 0.3) is 0 Å². The number of nitrogens with one attached hydrogen (secondary N) is 1. The summed E-state index contributed by atoms with van der Waals surface area (Å²) in [5, 5.41) is 11.6. The van der Waals surface area contributed by atoms with Gasteiger partial charge in [0.2, 0.25) is 5.91 Å². The van der Waals surface area contributed by atoms with Gasteiger partial charge < -0.3 is 15.3 Å². The number of aromatic carboxylic acids is 1. The molecule has 1 amide bonds. The summed E-state index contributed by atoms with van der Waals surface area (Å²) in [6.07, 6.45) is 4.72. The Hall–Kier alpha value is -2.18. The molecule has 1 unspecified atom stereocenters. The van der Waals surface area contributed by atoms with Gasteiger partial charge in [-0.2, -0.15) is 0 Å². The van der Waals surface area contributed by atoms with Crippen LogP contribution >= 0.6 is 0 Å². The molecule has 0 spiro atoms. The quantitative estimate of drug-likeness (QED) is 0.811. The molecule has 1 aromatic rings. The maximum atomic E-state index is 10.9. The normalized spacial score (nSPS) is 18.4. The number of carbonyl (C=O) groups excluding carboxylic acids is 1. The number of amides is 1. The van der Waals surface area contributed by atoms with Gasteiger partial charge in [0.15, 0.2) is 5.69 Å². The molecule has 102 valence electrons. The third-order valence-electron chi connectivity index (χ3n) is 3.12. The maximum Gasteiger partial charge on any atom is 0.356 e. The van der Waals surface area contributed by atoms with Gasteiger partial charge in [0.05, 0.1) is 12.4 Å². The summed E-state index contributed by atoms with van der Waals surface area (Å²) < 4.78 is 0. The number of carboxylic acids is 1. The van der Waals surface area contributed by atoms with E-state index < -0.39 is 5.97 Å². The second-order valence-corrected chi connectivity index (χ2v) is 4.49. The second kappa shape index (κ2) is 5.64. The van der Waals surface area contributed by atoms with Gasteiger partial charge in [-0.25, -0.2) is 14.8 Å². The fraction of sp³-hybridized carbons (Fsp3) is 0.500. The molecular formula is C12H16N4O3. The Balaban J connectivity index is 2.06. The van der Waals surface area contributed by atoms with E-state index in [2.05, 4.69) is 20.2 Å². The van der Waals surface area contributed by atoms with Crippen LogP contribution in [0.2, 0.25) is 0 Å². The fourth-order valence-electron chi connectivity index (χ4n) is 2.19. The molecule has 1 aliphatic heterocycles. The van der Waals surface area contributed by atoms with Gasteiger partial charge in [-0.3, -0.25) is 4.79 Å². The van der Waals surface area contributed by atoms with Gasteiger partial charge >= 0.3 is 5.97 Å². The summed E-state index contributed by atoms with van der Waals surface area (Å²) in [7, 11) is 0. The highest BCUT2D eigenvalue weighted by molar-refractivity contribution is 5.84. The lowest BCUT2D eigenvalue weighted by Crippen LogP contribution is -2.40. The smallest absolute Gasteiger partial charge is 0.356 e. The van der Waals surface area contributed by atoms with Crippen LogP contribution in [0.3, 0.4) is 0 Å². The number of hydrogen-bond acceptors (Lipinski definition) is 5. The third-order valence-corrected chi connectivity index (χ3v) is 3.12. The molecule has 1 fully saturated rings. The van der Waals surface area contributed by atoms with Crippen molar-refractivity contribution in [1.82, 2.24) is 15.3 Å². The lowest BCUT2D eigenvalue weighted by molar-refractivity contribution is -0.119. The summed E-state index contributed by atoms with van der Waals surface area (Å²) in [5.41, 5.74) is -0.0682. The average molecular weight is 264 g/mol.